The first-order valence-corrected chi connectivity index (χ1v) is 6.70. The van der Waals surface area contributed by atoms with Crippen molar-refractivity contribution in [3.05, 3.63) is 0 Å². The molecule has 98 valence electrons. The van der Waals surface area contributed by atoms with Crippen LogP contribution in [0.5, 0.6) is 0 Å². The largest absolute Gasteiger partial charge is 0.384 e. The maximum atomic E-state index is 12.3. The molecule has 0 radical (unpaired) electrons. The lowest BCUT2D eigenvalue weighted by Crippen LogP contribution is -2.52. The summed E-state index contributed by atoms with van der Waals surface area (Å²) in [5, 5.41) is 3.24. The Bertz CT molecular complexity index is 264. The highest BCUT2D eigenvalue weighted by molar-refractivity contribution is 5.79. The van der Waals surface area contributed by atoms with Crippen LogP contribution in [0.1, 0.15) is 19.8 Å². The van der Waals surface area contributed by atoms with Gasteiger partial charge in [-0.3, -0.25) is 4.79 Å². The molecule has 2 fully saturated rings. The summed E-state index contributed by atoms with van der Waals surface area (Å²) in [6.45, 7) is 6.68. The number of piperidine rings is 1. The van der Waals surface area contributed by atoms with Gasteiger partial charge in [-0.2, -0.15) is 0 Å². The van der Waals surface area contributed by atoms with Crippen molar-refractivity contribution in [1.82, 2.24) is 10.2 Å². The average molecular weight is 240 g/mol. The lowest BCUT2D eigenvalue weighted by Gasteiger charge is -2.38. The molecule has 2 saturated heterocycles. The fourth-order valence-electron chi connectivity index (χ4n) is 2.79. The van der Waals surface area contributed by atoms with Gasteiger partial charge in [-0.1, -0.05) is 6.92 Å². The molecule has 4 heteroatoms. The third-order valence-electron chi connectivity index (χ3n) is 4.14. The van der Waals surface area contributed by atoms with Crippen LogP contribution in [0, 0.1) is 17.8 Å². The minimum Gasteiger partial charge on any atom is -0.384 e. The number of rotatable bonds is 4. The summed E-state index contributed by atoms with van der Waals surface area (Å²) in [5.74, 6) is 1.60. The maximum absolute atomic E-state index is 12.3. The summed E-state index contributed by atoms with van der Waals surface area (Å²) in [4.78, 5) is 14.4. The second-order valence-electron chi connectivity index (χ2n) is 5.45. The maximum Gasteiger partial charge on any atom is 0.225 e. The number of hydrogen-bond acceptors (Lipinski definition) is 3. The van der Waals surface area contributed by atoms with Gasteiger partial charge in [0.2, 0.25) is 5.91 Å². The predicted molar refractivity (Wildman–Crippen MR) is 66.7 cm³/mol. The van der Waals surface area contributed by atoms with E-state index in [0.717, 1.165) is 39.2 Å². The number of carbonyl (C=O) groups is 1. The van der Waals surface area contributed by atoms with Crippen molar-refractivity contribution >= 4 is 5.91 Å². The van der Waals surface area contributed by atoms with Crippen LogP contribution in [0.2, 0.25) is 0 Å². The standard InChI is InChI=1S/C13H24N2O2/c1-10(12-6-14-7-12)13(16)15-5-3-4-11(8-15)9-17-2/h10-12,14H,3-9H2,1-2H3. The Morgan fingerprint density at radius 2 is 2.29 bits per heavy atom. The molecule has 0 aromatic heterocycles. The second-order valence-corrected chi connectivity index (χ2v) is 5.45. The quantitative estimate of drug-likeness (QED) is 0.787. The van der Waals surface area contributed by atoms with Crippen molar-refractivity contribution < 1.29 is 9.53 Å². The highest BCUT2D eigenvalue weighted by Crippen LogP contribution is 2.23. The van der Waals surface area contributed by atoms with Gasteiger partial charge >= 0.3 is 0 Å². The lowest BCUT2D eigenvalue weighted by molar-refractivity contribution is -0.139. The first kappa shape index (κ1) is 12.8. The van der Waals surface area contributed by atoms with Gasteiger partial charge < -0.3 is 15.0 Å². The van der Waals surface area contributed by atoms with Gasteiger partial charge in [-0.05, 0) is 37.8 Å². The number of ether oxygens (including phenoxy) is 1. The van der Waals surface area contributed by atoms with Gasteiger partial charge in [0.05, 0.1) is 6.61 Å². The van der Waals surface area contributed by atoms with E-state index in [1.807, 2.05) is 0 Å². The third-order valence-corrected chi connectivity index (χ3v) is 4.14. The second kappa shape index (κ2) is 5.83. The predicted octanol–water partition coefficient (Wildman–Crippen LogP) is 0.727. The van der Waals surface area contributed by atoms with Crippen LogP contribution in [0.25, 0.3) is 0 Å². The number of likely N-dealkylation sites (tertiary alicyclic amines) is 1. The van der Waals surface area contributed by atoms with E-state index in [4.69, 9.17) is 4.74 Å². The van der Waals surface area contributed by atoms with Gasteiger partial charge in [-0.25, -0.2) is 0 Å². The van der Waals surface area contributed by atoms with Gasteiger partial charge in [0.1, 0.15) is 0 Å². The van der Waals surface area contributed by atoms with Crippen molar-refractivity contribution in [2.45, 2.75) is 19.8 Å². The number of methoxy groups -OCH3 is 1. The van der Waals surface area contributed by atoms with Crippen molar-refractivity contribution in [1.29, 1.82) is 0 Å². The van der Waals surface area contributed by atoms with Crippen LogP contribution in [-0.2, 0) is 9.53 Å². The number of nitrogens with zero attached hydrogens (tertiary/aromatic N) is 1. The summed E-state index contributed by atoms with van der Waals surface area (Å²) in [7, 11) is 1.74. The van der Waals surface area contributed by atoms with Crippen LogP contribution in [0.3, 0.4) is 0 Å². The fraction of sp³-hybridized carbons (Fsp3) is 0.923. The Balaban J connectivity index is 1.85. The fourth-order valence-corrected chi connectivity index (χ4v) is 2.79. The molecule has 17 heavy (non-hydrogen) atoms. The molecule has 4 nitrogen and oxygen atoms in total. The zero-order valence-electron chi connectivity index (χ0n) is 10.9. The SMILES string of the molecule is COCC1CCCN(C(=O)C(C)C2CNC2)C1. The zero-order valence-corrected chi connectivity index (χ0v) is 10.9. The molecule has 0 bridgehead atoms. The number of hydrogen-bond donors (Lipinski definition) is 1. The summed E-state index contributed by atoms with van der Waals surface area (Å²) >= 11 is 0. The smallest absolute Gasteiger partial charge is 0.225 e. The Labute approximate surface area is 104 Å². The molecule has 1 amide bonds. The minimum atomic E-state index is 0.178. The van der Waals surface area contributed by atoms with Gasteiger partial charge in [-0.15, -0.1) is 0 Å². The molecule has 2 rings (SSSR count). The Morgan fingerprint density at radius 3 is 2.88 bits per heavy atom. The van der Waals surface area contributed by atoms with E-state index in [-0.39, 0.29) is 5.92 Å². The van der Waals surface area contributed by atoms with Gasteiger partial charge in [0.25, 0.3) is 0 Å². The molecule has 2 aliphatic rings. The van der Waals surface area contributed by atoms with E-state index in [1.54, 1.807) is 7.11 Å². The van der Waals surface area contributed by atoms with Gasteiger partial charge in [0.15, 0.2) is 0 Å². The molecule has 0 aromatic carbocycles. The normalized spacial score (nSPS) is 27.6. The van der Waals surface area contributed by atoms with E-state index in [1.165, 1.54) is 6.42 Å². The summed E-state index contributed by atoms with van der Waals surface area (Å²) < 4.78 is 5.20. The molecule has 0 aliphatic carbocycles. The molecule has 2 aliphatic heterocycles. The number of carbonyl (C=O) groups excluding carboxylic acids is 1. The first-order chi connectivity index (χ1) is 8.22. The Morgan fingerprint density at radius 1 is 1.53 bits per heavy atom. The molecule has 2 heterocycles. The summed E-state index contributed by atoms with van der Waals surface area (Å²) in [6, 6.07) is 0. The molecule has 1 N–H and O–H groups in total. The highest BCUT2D eigenvalue weighted by atomic mass is 16.5. The number of nitrogens with one attached hydrogen (secondary N) is 1. The van der Waals surface area contributed by atoms with Crippen LogP contribution < -0.4 is 5.32 Å². The Hall–Kier alpha value is -0.610. The van der Waals surface area contributed by atoms with Crippen molar-refractivity contribution in [2.75, 3.05) is 39.9 Å². The molecule has 0 aromatic rings. The molecule has 0 saturated carbocycles. The first-order valence-electron chi connectivity index (χ1n) is 6.70. The summed E-state index contributed by atoms with van der Waals surface area (Å²) in [6.07, 6.45) is 2.31. The molecular formula is C13H24N2O2. The number of amides is 1. The zero-order chi connectivity index (χ0) is 12.3. The monoisotopic (exact) mass is 240 g/mol. The van der Waals surface area contributed by atoms with Crippen LogP contribution in [-0.4, -0.2) is 50.7 Å². The van der Waals surface area contributed by atoms with Crippen LogP contribution in [0.15, 0.2) is 0 Å². The minimum absolute atomic E-state index is 0.178. The van der Waals surface area contributed by atoms with E-state index < -0.39 is 0 Å². The van der Waals surface area contributed by atoms with Crippen LogP contribution in [0.4, 0.5) is 0 Å². The molecular weight excluding hydrogens is 216 g/mol. The van der Waals surface area contributed by atoms with E-state index >= 15 is 0 Å². The third kappa shape index (κ3) is 2.99. The van der Waals surface area contributed by atoms with Gasteiger partial charge in [0, 0.05) is 26.1 Å². The van der Waals surface area contributed by atoms with E-state index in [0.29, 0.717) is 17.7 Å². The molecule has 2 unspecified atom stereocenters. The molecule has 2 atom stereocenters. The van der Waals surface area contributed by atoms with Crippen molar-refractivity contribution in [3.8, 4) is 0 Å². The molecule has 0 spiro atoms. The average Bonchev–Trinajstić information content (AvgIpc) is 2.26. The van der Waals surface area contributed by atoms with Crippen molar-refractivity contribution in [2.24, 2.45) is 17.8 Å². The van der Waals surface area contributed by atoms with E-state index in [2.05, 4.69) is 17.1 Å². The Kier molecular flexibility index (Phi) is 4.40. The highest BCUT2D eigenvalue weighted by Gasteiger charge is 2.33. The van der Waals surface area contributed by atoms with Crippen LogP contribution >= 0.6 is 0 Å². The topological polar surface area (TPSA) is 41.6 Å². The van der Waals surface area contributed by atoms with Crippen molar-refractivity contribution in [3.63, 3.8) is 0 Å². The lowest BCUT2D eigenvalue weighted by atomic mass is 9.87. The van der Waals surface area contributed by atoms with E-state index in [9.17, 15) is 4.79 Å². The summed E-state index contributed by atoms with van der Waals surface area (Å²) in [5.41, 5.74) is 0.